The monoisotopic (exact) mass is 382 g/mol. The SMILES string of the molecule is O=c1c(C2SCCS2)c[n+](Cc2cnc(Cl)s2)c2ccccn12. The first-order valence-electron chi connectivity index (χ1n) is 7.09. The van der Waals surface area contributed by atoms with Crippen molar-refractivity contribution in [2.75, 3.05) is 11.5 Å². The molecule has 0 N–H and O–H groups in total. The Morgan fingerprint density at radius 3 is 2.91 bits per heavy atom. The van der Waals surface area contributed by atoms with Gasteiger partial charge < -0.3 is 0 Å². The minimum Gasteiger partial charge on any atom is -0.240 e. The molecule has 0 saturated carbocycles. The largest absolute Gasteiger partial charge is 0.347 e. The molecule has 4 nitrogen and oxygen atoms in total. The van der Waals surface area contributed by atoms with E-state index in [4.69, 9.17) is 11.6 Å². The van der Waals surface area contributed by atoms with E-state index in [9.17, 15) is 4.79 Å². The summed E-state index contributed by atoms with van der Waals surface area (Å²) in [5.74, 6) is 2.19. The quantitative estimate of drug-likeness (QED) is 0.652. The molecule has 23 heavy (non-hydrogen) atoms. The summed E-state index contributed by atoms with van der Waals surface area (Å²) in [7, 11) is 0. The maximum absolute atomic E-state index is 12.8. The van der Waals surface area contributed by atoms with E-state index in [-0.39, 0.29) is 10.1 Å². The van der Waals surface area contributed by atoms with E-state index in [2.05, 4.69) is 9.55 Å². The zero-order chi connectivity index (χ0) is 15.8. The van der Waals surface area contributed by atoms with E-state index in [0.29, 0.717) is 11.0 Å². The maximum Gasteiger partial charge on any atom is 0.347 e. The van der Waals surface area contributed by atoms with Crippen LogP contribution in [-0.2, 0) is 6.54 Å². The zero-order valence-corrected chi connectivity index (χ0v) is 15.2. The molecule has 3 aromatic heterocycles. The van der Waals surface area contributed by atoms with Crippen LogP contribution in [0, 0.1) is 0 Å². The highest BCUT2D eigenvalue weighted by Gasteiger charge is 2.26. The number of rotatable bonds is 3. The fourth-order valence-corrected chi connectivity index (χ4v) is 6.44. The predicted molar refractivity (Wildman–Crippen MR) is 97.7 cm³/mol. The van der Waals surface area contributed by atoms with E-state index >= 15 is 0 Å². The first kappa shape index (κ1) is 15.5. The normalized spacial score (nSPS) is 15.5. The van der Waals surface area contributed by atoms with Crippen molar-refractivity contribution in [3.8, 4) is 0 Å². The number of fused-ring (bicyclic) bond motifs is 1. The van der Waals surface area contributed by atoms with Gasteiger partial charge in [0.25, 0.3) is 5.65 Å². The van der Waals surface area contributed by atoms with Gasteiger partial charge in [0.2, 0.25) is 0 Å². The highest BCUT2D eigenvalue weighted by molar-refractivity contribution is 8.19. The Morgan fingerprint density at radius 2 is 2.17 bits per heavy atom. The molecular weight excluding hydrogens is 370 g/mol. The molecule has 0 amide bonds. The summed E-state index contributed by atoms with van der Waals surface area (Å²) in [6.45, 7) is 0.660. The van der Waals surface area contributed by atoms with E-state index in [0.717, 1.165) is 27.6 Å². The molecule has 0 spiro atoms. The van der Waals surface area contributed by atoms with Crippen LogP contribution in [-0.4, -0.2) is 20.9 Å². The van der Waals surface area contributed by atoms with Gasteiger partial charge in [0.15, 0.2) is 4.47 Å². The molecule has 0 radical (unpaired) electrons. The molecule has 1 aliphatic heterocycles. The average molecular weight is 383 g/mol. The molecular formula is C15H13ClN3OS3+. The molecule has 0 bridgehead atoms. The van der Waals surface area contributed by atoms with Crippen molar-refractivity contribution in [2.24, 2.45) is 0 Å². The zero-order valence-electron chi connectivity index (χ0n) is 12.0. The summed E-state index contributed by atoms with van der Waals surface area (Å²) in [6, 6.07) is 5.80. The van der Waals surface area contributed by atoms with Crippen LogP contribution in [0.25, 0.3) is 5.65 Å². The summed E-state index contributed by atoms with van der Waals surface area (Å²) in [6.07, 6.45) is 5.63. The van der Waals surface area contributed by atoms with Crippen LogP contribution in [0.3, 0.4) is 0 Å². The third-order valence-corrected chi connectivity index (χ3v) is 7.79. The minimum absolute atomic E-state index is 0.0751. The van der Waals surface area contributed by atoms with Crippen molar-refractivity contribution < 1.29 is 4.57 Å². The van der Waals surface area contributed by atoms with Crippen LogP contribution in [0.2, 0.25) is 4.47 Å². The number of thioether (sulfide) groups is 2. The number of pyridine rings is 1. The summed E-state index contributed by atoms with van der Waals surface area (Å²) >= 11 is 11.1. The van der Waals surface area contributed by atoms with Crippen molar-refractivity contribution in [1.82, 2.24) is 9.38 Å². The van der Waals surface area contributed by atoms with Crippen LogP contribution in [0.4, 0.5) is 0 Å². The highest BCUT2D eigenvalue weighted by Crippen LogP contribution is 2.43. The summed E-state index contributed by atoms with van der Waals surface area (Å²) in [5, 5.41) is 0. The molecule has 118 valence electrons. The summed E-state index contributed by atoms with van der Waals surface area (Å²) in [5.41, 5.74) is 1.81. The van der Waals surface area contributed by atoms with E-state index < -0.39 is 0 Å². The predicted octanol–water partition coefficient (Wildman–Crippen LogP) is 3.22. The number of thiazole rings is 1. The highest BCUT2D eigenvalue weighted by atomic mass is 35.5. The van der Waals surface area contributed by atoms with Gasteiger partial charge in [0.05, 0.1) is 15.7 Å². The number of hydrogen-bond acceptors (Lipinski definition) is 5. The van der Waals surface area contributed by atoms with Crippen LogP contribution < -0.4 is 10.1 Å². The molecule has 0 unspecified atom stereocenters. The number of nitrogens with zero attached hydrogens (tertiary/aromatic N) is 3. The Labute approximate surface area is 150 Å². The van der Waals surface area contributed by atoms with Gasteiger partial charge in [-0.15, -0.1) is 34.9 Å². The average Bonchev–Trinajstić information content (AvgIpc) is 3.22. The number of halogens is 1. The second kappa shape index (κ2) is 6.47. The van der Waals surface area contributed by atoms with Crippen LogP contribution in [0.15, 0.2) is 41.6 Å². The van der Waals surface area contributed by atoms with Crippen molar-refractivity contribution in [3.63, 3.8) is 0 Å². The van der Waals surface area contributed by atoms with Crippen molar-refractivity contribution in [1.29, 1.82) is 0 Å². The lowest BCUT2D eigenvalue weighted by molar-refractivity contribution is -0.665. The molecule has 3 aromatic rings. The van der Waals surface area contributed by atoms with Gasteiger partial charge in [0, 0.05) is 23.8 Å². The van der Waals surface area contributed by atoms with E-state index in [1.807, 2.05) is 54.1 Å². The second-order valence-corrected chi connectivity index (χ2v) is 9.52. The Kier molecular flexibility index (Phi) is 4.36. The molecule has 1 fully saturated rings. The Balaban J connectivity index is 1.87. The fraction of sp³-hybridized carbons (Fsp3) is 0.267. The summed E-state index contributed by atoms with van der Waals surface area (Å²) in [4.78, 5) is 18.0. The van der Waals surface area contributed by atoms with Gasteiger partial charge in [-0.1, -0.05) is 17.7 Å². The maximum atomic E-state index is 12.8. The first-order valence-corrected chi connectivity index (χ1v) is 10.4. The lowest BCUT2D eigenvalue weighted by Gasteiger charge is -2.09. The standard InChI is InChI=1S/C15H13ClN3OS3/c16-15-17-7-10(23-15)8-18-9-11(14-21-5-6-22-14)13(20)19-4-2-1-3-12(18)19/h1-4,7,9,14H,5-6,8H2/q+1. The topological polar surface area (TPSA) is 38.2 Å². The van der Waals surface area contributed by atoms with Gasteiger partial charge in [-0.3, -0.25) is 0 Å². The molecule has 1 saturated heterocycles. The first-order chi connectivity index (χ1) is 11.2. The Morgan fingerprint density at radius 1 is 1.35 bits per heavy atom. The van der Waals surface area contributed by atoms with E-state index in [1.165, 1.54) is 11.3 Å². The second-order valence-electron chi connectivity index (χ2n) is 5.10. The minimum atomic E-state index is 0.0751. The Hall–Kier alpha value is -1.02. The lowest BCUT2D eigenvalue weighted by Crippen LogP contribution is -2.41. The number of hydrogen-bond donors (Lipinski definition) is 0. The molecule has 4 rings (SSSR count). The van der Waals surface area contributed by atoms with E-state index in [1.54, 1.807) is 10.6 Å². The molecule has 0 aliphatic carbocycles. The molecule has 4 heterocycles. The van der Waals surface area contributed by atoms with Gasteiger partial charge in [-0.05, 0) is 6.07 Å². The van der Waals surface area contributed by atoms with Crippen LogP contribution in [0.1, 0.15) is 15.0 Å². The third-order valence-electron chi connectivity index (χ3n) is 3.62. The molecule has 0 aromatic carbocycles. The molecule has 8 heteroatoms. The van der Waals surface area contributed by atoms with Gasteiger partial charge >= 0.3 is 5.56 Å². The lowest BCUT2D eigenvalue weighted by atomic mass is 10.3. The molecule has 0 atom stereocenters. The van der Waals surface area contributed by atoms with Gasteiger partial charge in [0.1, 0.15) is 18.3 Å². The van der Waals surface area contributed by atoms with Crippen molar-refractivity contribution in [3.05, 3.63) is 62.1 Å². The van der Waals surface area contributed by atoms with Crippen molar-refractivity contribution in [2.45, 2.75) is 11.1 Å². The van der Waals surface area contributed by atoms with Gasteiger partial charge in [-0.2, -0.15) is 4.40 Å². The van der Waals surface area contributed by atoms with Crippen LogP contribution in [0.5, 0.6) is 0 Å². The Bertz CT molecular complexity index is 918. The molecule has 1 aliphatic rings. The third kappa shape index (κ3) is 3.03. The van der Waals surface area contributed by atoms with Gasteiger partial charge in [-0.25, -0.2) is 14.3 Å². The van der Waals surface area contributed by atoms with Crippen LogP contribution >= 0.6 is 46.5 Å². The van der Waals surface area contributed by atoms with Crippen molar-refractivity contribution >= 4 is 52.1 Å². The summed E-state index contributed by atoms with van der Waals surface area (Å²) < 4.78 is 4.60. The number of aromatic nitrogens is 3. The smallest absolute Gasteiger partial charge is 0.240 e. The fourth-order valence-electron chi connectivity index (χ4n) is 2.62.